The van der Waals surface area contributed by atoms with E-state index in [9.17, 15) is 14.9 Å². The number of non-ortho nitro benzene ring substituents is 1. The topological polar surface area (TPSA) is 75.8 Å². The molecule has 1 heterocycles. The smallest absolute Gasteiger partial charge is 0.273 e. The van der Waals surface area contributed by atoms with E-state index in [4.69, 9.17) is 0 Å². The number of carbonyl (C=O) groups is 1. The molecule has 106 valence electrons. The van der Waals surface area contributed by atoms with Crippen LogP contribution in [-0.2, 0) is 4.79 Å². The van der Waals surface area contributed by atoms with Crippen LogP contribution in [0.5, 0.6) is 0 Å². The Labute approximate surface area is 117 Å². The number of rotatable bonds is 3. The Morgan fingerprint density at radius 1 is 1.30 bits per heavy atom. The van der Waals surface area contributed by atoms with Crippen molar-refractivity contribution in [3.63, 3.8) is 0 Å². The van der Waals surface area contributed by atoms with Crippen LogP contribution in [0.3, 0.4) is 0 Å². The molecule has 0 radical (unpaired) electrons. The summed E-state index contributed by atoms with van der Waals surface area (Å²) in [6.07, 6.45) is 0. The van der Waals surface area contributed by atoms with Gasteiger partial charge < -0.3 is 4.90 Å². The molecule has 0 N–H and O–H groups in total. The Morgan fingerprint density at radius 3 is 2.25 bits per heavy atom. The van der Waals surface area contributed by atoms with Gasteiger partial charge >= 0.3 is 0 Å². The van der Waals surface area contributed by atoms with Crippen LogP contribution in [-0.4, -0.2) is 34.2 Å². The molecule has 0 fully saturated rings. The molecule has 1 aliphatic rings. The number of hydrogen-bond acceptors (Lipinski definition) is 4. The molecular formula is C14H17N3O3. The molecule has 1 aromatic carbocycles. The van der Waals surface area contributed by atoms with E-state index < -0.39 is 10.5 Å². The van der Waals surface area contributed by atoms with Gasteiger partial charge in [-0.2, -0.15) is 4.99 Å². The molecule has 1 unspecified atom stereocenters. The van der Waals surface area contributed by atoms with Crippen molar-refractivity contribution >= 4 is 17.4 Å². The van der Waals surface area contributed by atoms with Gasteiger partial charge in [0.05, 0.1) is 4.92 Å². The summed E-state index contributed by atoms with van der Waals surface area (Å²) in [7, 11) is 1.82. The van der Waals surface area contributed by atoms with E-state index in [1.807, 2.05) is 32.7 Å². The molecule has 20 heavy (non-hydrogen) atoms. The Morgan fingerprint density at radius 2 is 1.85 bits per heavy atom. The van der Waals surface area contributed by atoms with Crippen molar-refractivity contribution in [3.8, 4) is 0 Å². The van der Waals surface area contributed by atoms with Gasteiger partial charge in [0.25, 0.3) is 11.6 Å². The monoisotopic (exact) mass is 275 g/mol. The molecule has 0 aliphatic carbocycles. The lowest BCUT2D eigenvalue weighted by Gasteiger charge is -2.35. The average molecular weight is 275 g/mol. The number of nitro benzene ring substituents is 1. The summed E-state index contributed by atoms with van der Waals surface area (Å²) in [5, 5.41) is 10.7. The lowest BCUT2D eigenvalue weighted by molar-refractivity contribution is -0.384. The van der Waals surface area contributed by atoms with Gasteiger partial charge in [0.1, 0.15) is 11.4 Å². The summed E-state index contributed by atoms with van der Waals surface area (Å²) in [5.41, 5.74) is 0.0562. The number of carbonyl (C=O) groups excluding carboxylic acids is 1. The fourth-order valence-electron chi connectivity index (χ4n) is 2.27. The van der Waals surface area contributed by atoms with Crippen LogP contribution in [0.15, 0.2) is 29.3 Å². The van der Waals surface area contributed by atoms with Gasteiger partial charge in [-0.05, 0) is 25.0 Å². The summed E-state index contributed by atoms with van der Waals surface area (Å²) in [4.78, 5) is 28.3. The standard InChI is InChI=1S/C14H17N3O3/c1-9(2)14(3)13(18)15-12(16(14)4)10-5-7-11(8-6-10)17(19)20/h5-9H,1-4H3. The SMILES string of the molecule is CC(C)C1(C)C(=O)N=C(c2ccc([N+](=O)[O-])cc2)N1C. The lowest BCUT2D eigenvalue weighted by atomic mass is 9.87. The third kappa shape index (κ3) is 1.97. The second kappa shape index (κ2) is 4.70. The number of benzene rings is 1. The number of nitrogens with zero attached hydrogens (tertiary/aromatic N) is 3. The lowest BCUT2D eigenvalue weighted by Crippen LogP contribution is -2.51. The minimum atomic E-state index is -0.670. The Hall–Kier alpha value is -2.24. The molecule has 1 atom stereocenters. The van der Waals surface area contributed by atoms with E-state index in [1.165, 1.54) is 12.1 Å². The van der Waals surface area contributed by atoms with E-state index in [0.717, 1.165) is 0 Å². The van der Waals surface area contributed by atoms with Crippen LogP contribution in [0.2, 0.25) is 0 Å². The molecule has 1 aromatic rings. The maximum absolute atomic E-state index is 12.2. The highest BCUT2D eigenvalue weighted by atomic mass is 16.6. The van der Waals surface area contributed by atoms with Crippen LogP contribution >= 0.6 is 0 Å². The minimum Gasteiger partial charge on any atom is -0.344 e. The zero-order valence-electron chi connectivity index (χ0n) is 12.0. The first-order chi connectivity index (χ1) is 9.28. The predicted molar refractivity (Wildman–Crippen MR) is 75.6 cm³/mol. The summed E-state index contributed by atoms with van der Waals surface area (Å²) in [6, 6.07) is 6.07. The van der Waals surface area contributed by atoms with Crippen LogP contribution in [0.25, 0.3) is 0 Å². The quantitative estimate of drug-likeness (QED) is 0.626. The average Bonchev–Trinajstić information content (AvgIpc) is 2.64. The van der Waals surface area contributed by atoms with Crippen molar-refractivity contribution < 1.29 is 9.72 Å². The highest BCUT2D eigenvalue weighted by Crippen LogP contribution is 2.32. The van der Waals surface area contributed by atoms with Crippen LogP contribution in [0, 0.1) is 16.0 Å². The van der Waals surface area contributed by atoms with Crippen LogP contribution in [0.4, 0.5) is 5.69 Å². The first-order valence-electron chi connectivity index (χ1n) is 6.40. The Bertz CT molecular complexity index is 592. The van der Waals surface area contributed by atoms with Crippen molar-refractivity contribution in [2.45, 2.75) is 26.3 Å². The van der Waals surface area contributed by atoms with Crippen molar-refractivity contribution in [1.29, 1.82) is 0 Å². The highest BCUT2D eigenvalue weighted by molar-refractivity contribution is 6.13. The maximum atomic E-state index is 12.2. The largest absolute Gasteiger partial charge is 0.344 e. The first-order valence-corrected chi connectivity index (χ1v) is 6.40. The zero-order chi connectivity index (χ0) is 15.1. The molecule has 2 rings (SSSR count). The van der Waals surface area contributed by atoms with E-state index in [2.05, 4.69) is 4.99 Å². The molecule has 0 spiro atoms. The predicted octanol–water partition coefficient (Wildman–Crippen LogP) is 2.23. The normalized spacial score (nSPS) is 22.4. The number of nitro groups is 1. The number of aliphatic imine (C=N–C) groups is 1. The second-order valence-corrected chi connectivity index (χ2v) is 5.41. The summed E-state index contributed by atoms with van der Waals surface area (Å²) in [6.45, 7) is 5.81. The van der Waals surface area contributed by atoms with E-state index in [-0.39, 0.29) is 17.5 Å². The van der Waals surface area contributed by atoms with Gasteiger partial charge in [0.15, 0.2) is 0 Å². The van der Waals surface area contributed by atoms with E-state index in [1.54, 1.807) is 12.1 Å². The number of amides is 1. The zero-order valence-corrected chi connectivity index (χ0v) is 12.0. The fraction of sp³-hybridized carbons (Fsp3) is 0.429. The third-order valence-corrected chi connectivity index (χ3v) is 4.12. The van der Waals surface area contributed by atoms with Gasteiger partial charge in [0.2, 0.25) is 0 Å². The molecule has 1 aliphatic heterocycles. The molecule has 0 bridgehead atoms. The van der Waals surface area contributed by atoms with Gasteiger partial charge in [-0.3, -0.25) is 14.9 Å². The molecule has 0 aromatic heterocycles. The number of amidine groups is 1. The van der Waals surface area contributed by atoms with Crippen molar-refractivity contribution in [2.75, 3.05) is 7.05 Å². The van der Waals surface area contributed by atoms with Crippen LogP contribution < -0.4 is 0 Å². The minimum absolute atomic E-state index is 0.0212. The Kier molecular flexibility index (Phi) is 3.33. The second-order valence-electron chi connectivity index (χ2n) is 5.41. The highest BCUT2D eigenvalue weighted by Gasteiger charge is 2.47. The first kappa shape index (κ1) is 14.2. The van der Waals surface area contributed by atoms with Gasteiger partial charge in [-0.25, -0.2) is 0 Å². The molecule has 0 saturated carbocycles. The van der Waals surface area contributed by atoms with Gasteiger partial charge in [-0.15, -0.1) is 0 Å². The van der Waals surface area contributed by atoms with E-state index in [0.29, 0.717) is 11.4 Å². The van der Waals surface area contributed by atoms with Crippen molar-refractivity contribution in [2.24, 2.45) is 10.9 Å². The van der Waals surface area contributed by atoms with E-state index >= 15 is 0 Å². The van der Waals surface area contributed by atoms with Crippen molar-refractivity contribution in [3.05, 3.63) is 39.9 Å². The summed E-state index contributed by atoms with van der Waals surface area (Å²) in [5.74, 6) is 0.490. The summed E-state index contributed by atoms with van der Waals surface area (Å²) >= 11 is 0. The molecule has 6 nitrogen and oxygen atoms in total. The molecule has 0 saturated heterocycles. The van der Waals surface area contributed by atoms with Gasteiger partial charge in [0, 0.05) is 24.7 Å². The summed E-state index contributed by atoms with van der Waals surface area (Å²) < 4.78 is 0. The number of hydrogen-bond donors (Lipinski definition) is 0. The van der Waals surface area contributed by atoms with Crippen LogP contribution in [0.1, 0.15) is 26.3 Å². The molecule has 1 amide bonds. The van der Waals surface area contributed by atoms with Crippen molar-refractivity contribution in [1.82, 2.24) is 4.90 Å². The fourth-order valence-corrected chi connectivity index (χ4v) is 2.27. The third-order valence-electron chi connectivity index (χ3n) is 4.12. The molecule has 6 heteroatoms. The molecular weight excluding hydrogens is 258 g/mol. The Balaban J connectivity index is 2.37. The van der Waals surface area contributed by atoms with Gasteiger partial charge in [-0.1, -0.05) is 13.8 Å². The number of likely N-dealkylation sites (N-methyl/N-ethyl adjacent to an activating group) is 1. The maximum Gasteiger partial charge on any atom is 0.273 e.